The van der Waals surface area contributed by atoms with Crippen LogP contribution in [0, 0.1) is 0 Å². The van der Waals surface area contributed by atoms with Crippen LogP contribution in [0.2, 0.25) is 0 Å². The number of aliphatic hydroxyl groups is 3. The average molecular weight is 403 g/mol. The van der Waals surface area contributed by atoms with Crippen LogP contribution in [0.15, 0.2) is 34.8 Å². The number of carbonyl (C=O) groups is 1. The first kappa shape index (κ1) is 19.0. The monoisotopic (exact) mass is 402 g/mol. The molecule has 7 nitrogen and oxygen atoms in total. The molecule has 1 aliphatic heterocycles. The van der Waals surface area contributed by atoms with E-state index in [1.807, 2.05) is 24.3 Å². The molecule has 2 rings (SSSR count). The molecular formula is C16H19BrO7. The van der Waals surface area contributed by atoms with Crippen LogP contribution in [-0.4, -0.2) is 65.7 Å². The number of hydrogen-bond donors (Lipinski definition) is 3. The highest BCUT2D eigenvalue weighted by atomic mass is 79.9. The Bertz CT molecular complexity index is 572. The molecule has 1 heterocycles. The molecule has 8 heteroatoms. The van der Waals surface area contributed by atoms with Gasteiger partial charge in [0, 0.05) is 17.7 Å². The molecule has 0 spiro atoms. The number of methoxy groups -OCH3 is 1. The average Bonchev–Trinajstić information content (AvgIpc) is 2.58. The molecule has 1 saturated heterocycles. The molecule has 1 unspecified atom stereocenters. The predicted molar refractivity (Wildman–Crippen MR) is 87.8 cm³/mol. The second-order valence-electron chi connectivity index (χ2n) is 5.27. The van der Waals surface area contributed by atoms with Gasteiger partial charge in [-0.2, -0.15) is 0 Å². The number of hydrogen-bond acceptors (Lipinski definition) is 7. The lowest BCUT2D eigenvalue weighted by Gasteiger charge is -2.39. The normalized spacial score (nSPS) is 30.5. The van der Waals surface area contributed by atoms with Crippen molar-refractivity contribution in [2.45, 2.75) is 30.7 Å². The van der Waals surface area contributed by atoms with Gasteiger partial charge in [0.1, 0.15) is 31.0 Å². The van der Waals surface area contributed by atoms with Gasteiger partial charge in [-0.3, -0.25) is 0 Å². The minimum Gasteiger partial charge on any atom is -0.460 e. The van der Waals surface area contributed by atoms with E-state index in [0.717, 1.165) is 10.0 Å². The summed E-state index contributed by atoms with van der Waals surface area (Å²) in [6, 6.07) is 7.33. The molecule has 5 atom stereocenters. The van der Waals surface area contributed by atoms with Crippen LogP contribution in [0.5, 0.6) is 0 Å². The zero-order valence-electron chi connectivity index (χ0n) is 12.9. The third kappa shape index (κ3) is 4.85. The zero-order valence-corrected chi connectivity index (χ0v) is 14.5. The van der Waals surface area contributed by atoms with Crippen LogP contribution in [0.25, 0.3) is 6.08 Å². The van der Waals surface area contributed by atoms with E-state index in [1.165, 1.54) is 13.2 Å². The summed E-state index contributed by atoms with van der Waals surface area (Å²) in [6.07, 6.45) is -3.50. The molecule has 24 heavy (non-hydrogen) atoms. The van der Waals surface area contributed by atoms with Crippen LogP contribution in [-0.2, 0) is 19.0 Å². The van der Waals surface area contributed by atoms with Gasteiger partial charge in [-0.15, -0.1) is 0 Å². The number of aliphatic hydroxyl groups excluding tert-OH is 3. The van der Waals surface area contributed by atoms with Gasteiger partial charge in [-0.05, 0) is 23.8 Å². The summed E-state index contributed by atoms with van der Waals surface area (Å²) in [5.74, 6) is -0.622. The summed E-state index contributed by atoms with van der Waals surface area (Å²) < 4.78 is 16.1. The molecule has 0 aliphatic carbocycles. The number of ether oxygens (including phenoxy) is 3. The number of halogens is 1. The first-order chi connectivity index (χ1) is 11.4. The largest absolute Gasteiger partial charge is 0.460 e. The van der Waals surface area contributed by atoms with Crippen molar-refractivity contribution in [3.63, 3.8) is 0 Å². The van der Waals surface area contributed by atoms with E-state index in [9.17, 15) is 20.1 Å². The fourth-order valence-electron chi connectivity index (χ4n) is 2.20. The van der Waals surface area contributed by atoms with Gasteiger partial charge >= 0.3 is 5.97 Å². The summed E-state index contributed by atoms with van der Waals surface area (Å²) >= 11 is 3.32. The summed E-state index contributed by atoms with van der Waals surface area (Å²) in [5.41, 5.74) is 0.821. The Morgan fingerprint density at radius 1 is 1.21 bits per heavy atom. The molecule has 3 N–H and O–H groups in total. The maximum absolute atomic E-state index is 11.7. The molecule has 1 fully saturated rings. The van der Waals surface area contributed by atoms with Gasteiger partial charge in [-0.25, -0.2) is 4.79 Å². The van der Waals surface area contributed by atoms with Crippen LogP contribution in [0.3, 0.4) is 0 Å². The molecule has 0 saturated carbocycles. The lowest BCUT2D eigenvalue weighted by atomic mass is 9.99. The number of benzene rings is 1. The molecule has 132 valence electrons. The maximum Gasteiger partial charge on any atom is 0.330 e. The first-order valence-corrected chi connectivity index (χ1v) is 8.04. The highest BCUT2D eigenvalue weighted by Gasteiger charge is 2.44. The second kappa shape index (κ2) is 8.70. The number of carbonyl (C=O) groups excluding carboxylic acids is 1. The van der Waals surface area contributed by atoms with Crippen molar-refractivity contribution >= 4 is 28.0 Å². The Hall–Kier alpha value is -1.29. The molecular weight excluding hydrogens is 384 g/mol. The zero-order chi connectivity index (χ0) is 17.7. The van der Waals surface area contributed by atoms with Gasteiger partial charge in [-0.1, -0.05) is 28.1 Å². The molecule has 0 aromatic heterocycles. The van der Waals surface area contributed by atoms with Crippen molar-refractivity contribution in [2.24, 2.45) is 0 Å². The molecule has 1 aliphatic rings. The molecule has 1 aromatic carbocycles. The van der Waals surface area contributed by atoms with Gasteiger partial charge in [0.25, 0.3) is 0 Å². The van der Waals surface area contributed by atoms with Crippen LogP contribution in [0.1, 0.15) is 5.56 Å². The molecule has 0 amide bonds. The lowest BCUT2D eigenvalue weighted by molar-refractivity contribution is -0.294. The van der Waals surface area contributed by atoms with E-state index in [2.05, 4.69) is 15.9 Å². The standard InChI is InChI=1S/C16H19BrO7/c1-22-16-15(21)14(20)13(19)11(24-16)8-23-12(18)7-4-9-2-5-10(17)6-3-9/h2-7,11,13-16,19-21H,8H2,1H3/b7-4+/t11-,13-,14+,15-,16?/m1/s1. The quantitative estimate of drug-likeness (QED) is 0.485. The van der Waals surface area contributed by atoms with Crippen molar-refractivity contribution in [1.29, 1.82) is 0 Å². The van der Waals surface area contributed by atoms with Crippen LogP contribution < -0.4 is 0 Å². The fourth-order valence-corrected chi connectivity index (χ4v) is 2.46. The number of rotatable bonds is 5. The van der Waals surface area contributed by atoms with E-state index in [0.29, 0.717) is 0 Å². The van der Waals surface area contributed by atoms with E-state index >= 15 is 0 Å². The van der Waals surface area contributed by atoms with Gasteiger partial charge in [0.05, 0.1) is 0 Å². The maximum atomic E-state index is 11.7. The van der Waals surface area contributed by atoms with Crippen LogP contribution in [0.4, 0.5) is 0 Å². The van der Waals surface area contributed by atoms with Crippen molar-refractivity contribution in [3.05, 3.63) is 40.4 Å². The van der Waals surface area contributed by atoms with Crippen LogP contribution >= 0.6 is 15.9 Å². The van der Waals surface area contributed by atoms with E-state index in [-0.39, 0.29) is 6.61 Å². The van der Waals surface area contributed by atoms with Crippen molar-refractivity contribution < 1.29 is 34.3 Å². The minimum atomic E-state index is -1.45. The van der Waals surface area contributed by atoms with Gasteiger partial charge < -0.3 is 29.5 Å². The second-order valence-corrected chi connectivity index (χ2v) is 6.18. The topological polar surface area (TPSA) is 105 Å². The van der Waals surface area contributed by atoms with Crippen molar-refractivity contribution in [1.82, 2.24) is 0 Å². The third-order valence-electron chi connectivity index (χ3n) is 3.57. The highest BCUT2D eigenvalue weighted by molar-refractivity contribution is 9.10. The Morgan fingerprint density at radius 3 is 2.50 bits per heavy atom. The molecule has 0 bridgehead atoms. The Kier molecular flexibility index (Phi) is 6.90. The SMILES string of the molecule is COC1O[C@H](COC(=O)/C=C/c2ccc(Br)cc2)[C@@H](O)[C@H](O)[C@H]1O. The molecule has 1 aromatic rings. The summed E-state index contributed by atoms with van der Waals surface area (Å²) in [4.78, 5) is 11.7. The van der Waals surface area contributed by atoms with Gasteiger partial charge in [0.15, 0.2) is 6.29 Å². The Balaban J connectivity index is 1.87. The van der Waals surface area contributed by atoms with Crippen molar-refractivity contribution in [3.8, 4) is 0 Å². The smallest absolute Gasteiger partial charge is 0.330 e. The summed E-state index contributed by atoms with van der Waals surface area (Å²) in [6.45, 7) is -0.283. The van der Waals surface area contributed by atoms with Crippen molar-refractivity contribution in [2.75, 3.05) is 13.7 Å². The van der Waals surface area contributed by atoms with E-state index in [1.54, 1.807) is 6.08 Å². The van der Waals surface area contributed by atoms with E-state index in [4.69, 9.17) is 14.2 Å². The predicted octanol–water partition coefficient (Wildman–Crippen LogP) is 0.459. The van der Waals surface area contributed by atoms with Gasteiger partial charge in [0.2, 0.25) is 0 Å². The summed E-state index contributed by atoms with van der Waals surface area (Å²) in [7, 11) is 1.29. The Morgan fingerprint density at radius 2 is 1.88 bits per heavy atom. The minimum absolute atomic E-state index is 0.283. The summed E-state index contributed by atoms with van der Waals surface area (Å²) in [5, 5.41) is 29.3. The lowest BCUT2D eigenvalue weighted by Crippen LogP contribution is -2.59. The molecule has 0 radical (unpaired) electrons. The third-order valence-corrected chi connectivity index (χ3v) is 4.10. The first-order valence-electron chi connectivity index (χ1n) is 7.25. The fraction of sp³-hybridized carbons (Fsp3) is 0.438. The highest BCUT2D eigenvalue weighted by Crippen LogP contribution is 2.22. The number of esters is 1. The Labute approximate surface area is 147 Å². The van der Waals surface area contributed by atoms with E-state index < -0.39 is 36.7 Å².